The van der Waals surface area contributed by atoms with Crippen molar-refractivity contribution in [2.75, 3.05) is 0 Å². The van der Waals surface area contributed by atoms with Crippen molar-refractivity contribution in [3.8, 4) is 0 Å². The maximum Gasteiger partial charge on any atom is -0.0274 e. The number of aryl methyl sites for hydroxylation is 3. The van der Waals surface area contributed by atoms with Gasteiger partial charge in [0.1, 0.15) is 0 Å². The minimum Gasteiger partial charge on any atom is -0.0654 e. The Morgan fingerprint density at radius 2 is 0.846 bits per heavy atom. The molecule has 0 saturated heterocycles. The third-order valence-electron chi connectivity index (χ3n) is 5.87. The van der Waals surface area contributed by atoms with Gasteiger partial charge in [0.2, 0.25) is 0 Å². The van der Waals surface area contributed by atoms with Crippen molar-refractivity contribution in [1.82, 2.24) is 0 Å². The average Bonchev–Trinajstić information content (AvgIpc) is 2.60. The van der Waals surface area contributed by atoms with Gasteiger partial charge in [-0.25, -0.2) is 0 Å². The molecule has 0 heteroatoms. The van der Waals surface area contributed by atoms with Crippen molar-refractivity contribution in [3.05, 3.63) is 34.4 Å². The Morgan fingerprint density at radius 1 is 0.500 bits per heavy atom. The summed E-state index contributed by atoms with van der Waals surface area (Å²) in [4.78, 5) is 0. The predicted molar refractivity (Wildman–Crippen MR) is 119 cm³/mol. The van der Waals surface area contributed by atoms with Crippen LogP contribution in [0, 0.1) is 20.8 Å². The lowest BCUT2D eigenvalue weighted by molar-refractivity contribution is 0.532. The van der Waals surface area contributed by atoms with E-state index < -0.39 is 0 Å². The molecule has 0 unspecified atom stereocenters. The summed E-state index contributed by atoms with van der Waals surface area (Å²) in [6, 6.07) is 4.68. The Bertz CT molecular complexity index is 434. The van der Waals surface area contributed by atoms with E-state index in [1.165, 1.54) is 119 Å². The topological polar surface area (TPSA) is 0 Å². The van der Waals surface area contributed by atoms with Crippen molar-refractivity contribution < 1.29 is 0 Å². The highest BCUT2D eigenvalue weighted by molar-refractivity contribution is 5.37. The van der Waals surface area contributed by atoms with Gasteiger partial charge >= 0.3 is 0 Å². The Kier molecular flexibility index (Phi) is 13.7. The van der Waals surface area contributed by atoms with E-state index in [4.69, 9.17) is 0 Å². The van der Waals surface area contributed by atoms with Crippen LogP contribution in [-0.4, -0.2) is 0 Å². The second-order valence-corrected chi connectivity index (χ2v) is 8.58. The monoisotopic (exact) mass is 358 g/mol. The van der Waals surface area contributed by atoms with Crippen LogP contribution in [0.1, 0.15) is 125 Å². The summed E-state index contributed by atoms with van der Waals surface area (Å²) in [5.74, 6) is 0. The molecule has 0 N–H and O–H groups in total. The maximum absolute atomic E-state index is 2.34. The van der Waals surface area contributed by atoms with Crippen molar-refractivity contribution in [3.63, 3.8) is 0 Å². The molecule has 1 aromatic carbocycles. The highest BCUT2D eigenvalue weighted by atomic mass is 14.1. The van der Waals surface area contributed by atoms with Crippen LogP contribution in [0.2, 0.25) is 0 Å². The number of unbranched alkanes of at least 4 members (excludes halogenated alkanes) is 14. The molecule has 0 spiro atoms. The summed E-state index contributed by atoms with van der Waals surface area (Å²) in [6.07, 6.45) is 22.9. The summed E-state index contributed by atoms with van der Waals surface area (Å²) in [7, 11) is 0. The number of hydrogen-bond acceptors (Lipinski definition) is 0. The summed E-state index contributed by atoms with van der Waals surface area (Å²) in [5, 5.41) is 0. The van der Waals surface area contributed by atoms with Gasteiger partial charge in [-0.1, -0.05) is 115 Å². The number of benzene rings is 1. The van der Waals surface area contributed by atoms with E-state index in [9.17, 15) is 0 Å². The molecule has 0 atom stereocenters. The minimum absolute atomic E-state index is 1.27. The van der Waals surface area contributed by atoms with E-state index in [1.807, 2.05) is 0 Å². The zero-order chi connectivity index (χ0) is 19.0. The van der Waals surface area contributed by atoms with E-state index >= 15 is 0 Å². The number of rotatable bonds is 16. The third-order valence-corrected chi connectivity index (χ3v) is 5.87. The zero-order valence-corrected chi connectivity index (χ0v) is 18.5. The lowest BCUT2D eigenvalue weighted by Crippen LogP contribution is -1.95. The van der Waals surface area contributed by atoms with Crippen molar-refractivity contribution in [2.45, 2.75) is 130 Å². The van der Waals surface area contributed by atoms with Gasteiger partial charge in [0, 0.05) is 0 Å². The minimum atomic E-state index is 1.27. The summed E-state index contributed by atoms with van der Waals surface area (Å²) >= 11 is 0. The first-order valence-electron chi connectivity index (χ1n) is 11.7. The van der Waals surface area contributed by atoms with Crippen molar-refractivity contribution in [1.29, 1.82) is 0 Å². The first-order chi connectivity index (χ1) is 12.6. The van der Waals surface area contributed by atoms with Crippen LogP contribution in [0.25, 0.3) is 0 Å². The van der Waals surface area contributed by atoms with Crippen LogP contribution in [0.5, 0.6) is 0 Å². The molecule has 0 aliphatic heterocycles. The molecule has 0 fully saturated rings. The van der Waals surface area contributed by atoms with Crippen molar-refractivity contribution in [2.24, 2.45) is 0 Å². The fourth-order valence-corrected chi connectivity index (χ4v) is 4.28. The lowest BCUT2D eigenvalue weighted by atomic mass is 9.95. The Labute approximate surface area is 165 Å². The van der Waals surface area contributed by atoms with Gasteiger partial charge in [-0.3, -0.25) is 0 Å². The van der Waals surface area contributed by atoms with Crippen LogP contribution < -0.4 is 0 Å². The Balaban J connectivity index is 1.88. The van der Waals surface area contributed by atoms with E-state index in [1.54, 1.807) is 5.56 Å². The standard InChI is InChI=1S/C26H46/c1-5-6-7-8-9-10-11-12-13-14-15-16-17-18-19-20-26-24(3)21-23(2)22-25(26)4/h21-22H,5-20H2,1-4H3. The molecule has 0 nitrogen and oxygen atoms in total. The molecule has 1 rings (SSSR count). The second-order valence-electron chi connectivity index (χ2n) is 8.58. The molecule has 0 aliphatic carbocycles. The molecule has 150 valence electrons. The quantitative estimate of drug-likeness (QED) is 0.258. The van der Waals surface area contributed by atoms with E-state index in [0.29, 0.717) is 0 Å². The summed E-state index contributed by atoms with van der Waals surface area (Å²) in [6.45, 7) is 9.06. The molecule has 0 heterocycles. The highest BCUT2D eigenvalue weighted by Crippen LogP contribution is 2.20. The first-order valence-corrected chi connectivity index (χ1v) is 11.7. The predicted octanol–water partition coefficient (Wildman–Crippen LogP) is 9.03. The molecule has 0 saturated carbocycles. The second kappa shape index (κ2) is 15.3. The molecule has 26 heavy (non-hydrogen) atoms. The van der Waals surface area contributed by atoms with Gasteiger partial charge in [-0.15, -0.1) is 0 Å². The van der Waals surface area contributed by atoms with Gasteiger partial charge in [0.05, 0.1) is 0 Å². The SMILES string of the molecule is CCCCCCCCCCCCCCCCCc1c(C)cc(C)cc1C. The molecule has 0 radical (unpaired) electrons. The largest absolute Gasteiger partial charge is 0.0654 e. The molecular formula is C26H46. The first kappa shape index (κ1) is 23.3. The fraction of sp³-hybridized carbons (Fsp3) is 0.769. The van der Waals surface area contributed by atoms with Gasteiger partial charge in [-0.05, 0) is 50.3 Å². The maximum atomic E-state index is 2.34. The Morgan fingerprint density at radius 3 is 1.23 bits per heavy atom. The van der Waals surface area contributed by atoms with Crippen LogP contribution in [0.3, 0.4) is 0 Å². The van der Waals surface area contributed by atoms with Gasteiger partial charge in [0.15, 0.2) is 0 Å². The smallest absolute Gasteiger partial charge is 0.0274 e. The molecule has 0 amide bonds. The van der Waals surface area contributed by atoms with Gasteiger partial charge < -0.3 is 0 Å². The molecule has 0 aliphatic rings. The van der Waals surface area contributed by atoms with Crippen LogP contribution in [0.4, 0.5) is 0 Å². The van der Waals surface area contributed by atoms with E-state index in [-0.39, 0.29) is 0 Å². The number of hydrogen-bond donors (Lipinski definition) is 0. The van der Waals surface area contributed by atoms with Crippen LogP contribution in [-0.2, 0) is 6.42 Å². The molecule has 0 aromatic heterocycles. The van der Waals surface area contributed by atoms with Gasteiger partial charge in [-0.2, -0.15) is 0 Å². The zero-order valence-electron chi connectivity index (χ0n) is 18.5. The Hall–Kier alpha value is -0.780. The third kappa shape index (κ3) is 11.0. The molecule has 0 bridgehead atoms. The highest BCUT2D eigenvalue weighted by Gasteiger charge is 2.03. The van der Waals surface area contributed by atoms with Gasteiger partial charge in [0.25, 0.3) is 0 Å². The van der Waals surface area contributed by atoms with Crippen LogP contribution in [0.15, 0.2) is 12.1 Å². The fourth-order valence-electron chi connectivity index (χ4n) is 4.28. The van der Waals surface area contributed by atoms with Crippen LogP contribution >= 0.6 is 0 Å². The van der Waals surface area contributed by atoms with Crippen molar-refractivity contribution >= 4 is 0 Å². The normalized spacial score (nSPS) is 11.2. The van der Waals surface area contributed by atoms with E-state index in [2.05, 4.69) is 39.8 Å². The average molecular weight is 359 g/mol. The van der Waals surface area contributed by atoms with E-state index in [0.717, 1.165) is 0 Å². The summed E-state index contributed by atoms with van der Waals surface area (Å²) < 4.78 is 0. The summed E-state index contributed by atoms with van der Waals surface area (Å²) in [5.41, 5.74) is 5.99. The molecule has 1 aromatic rings. The lowest BCUT2D eigenvalue weighted by Gasteiger charge is -2.11. The molecular weight excluding hydrogens is 312 g/mol.